The van der Waals surface area contributed by atoms with Crippen LogP contribution >= 0.6 is 0 Å². The number of anilines is 1. The molecule has 0 bridgehead atoms. The van der Waals surface area contributed by atoms with Crippen LogP contribution in [0, 0.1) is 11.3 Å². The lowest BCUT2D eigenvalue weighted by molar-refractivity contribution is -0.136. The van der Waals surface area contributed by atoms with Crippen molar-refractivity contribution in [1.29, 1.82) is 0 Å². The van der Waals surface area contributed by atoms with Gasteiger partial charge >= 0.3 is 0 Å². The van der Waals surface area contributed by atoms with Gasteiger partial charge in [-0.15, -0.1) is 0 Å². The topological polar surface area (TPSA) is 138 Å². The maximum absolute atomic E-state index is 13.6. The summed E-state index contributed by atoms with van der Waals surface area (Å²) in [6, 6.07) is 13.6. The van der Waals surface area contributed by atoms with Crippen LogP contribution in [0.5, 0.6) is 0 Å². The molecular formula is C41H48N8O4. The molecule has 1 unspecified atom stereocenters. The van der Waals surface area contributed by atoms with Gasteiger partial charge in [-0.1, -0.05) is 19.9 Å². The minimum absolute atomic E-state index is 0.0895. The molecule has 5 aliphatic rings. The van der Waals surface area contributed by atoms with Crippen molar-refractivity contribution in [2.45, 2.75) is 71.4 Å². The third-order valence-electron chi connectivity index (χ3n) is 12.4. The first-order valence-corrected chi connectivity index (χ1v) is 19.3. The number of fused-ring (bicyclic) bond motifs is 3. The molecule has 9 rings (SSSR count). The third kappa shape index (κ3) is 6.40. The van der Waals surface area contributed by atoms with Crippen LogP contribution in [-0.2, 0) is 29.0 Å². The third-order valence-corrected chi connectivity index (χ3v) is 12.4. The summed E-state index contributed by atoms with van der Waals surface area (Å²) in [4.78, 5) is 62.9. The first-order chi connectivity index (χ1) is 25.6. The molecule has 53 heavy (non-hydrogen) atoms. The van der Waals surface area contributed by atoms with Gasteiger partial charge in [-0.2, -0.15) is 5.10 Å². The van der Waals surface area contributed by atoms with E-state index in [0.29, 0.717) is 29.9 Å². The van der Waals surface area contributed by atoms with Gasteiger partial charge in [-0.25, -0.2) is 0 Å². The number of nitrogens with one attached hydrogen (secondary N) is 3. The summed E-state index contributed by atoms with van der Waals surface area (Å²) in [5, 5.41) is 11.4. The molecule has 2 aromatic carbocycles. The zero-order valence-corrected chi connectivity index (χ0v) is 30.7. The molecule has 3 fully saturated rings. The number of aromatic nitrogens is 3. The Labute approximate surface area is 309 Å². The molecule has 2 aromatic heterocycles. The number of amides is 4. The number of carbonyl (C=O) groups excluding carboxylic acids is 4. The van der Waals surface area contributed by atoms with Crippen LogP contribution in [0.25, 0.3) is 22.3 Å². The number of hydrogen-bond acceptors (Lipinski definition) is 7. The maximum atomic E-state index is 13.6. The first kappa shape index (κ1) is 33.8. The van der Waals surface area contributed by atoms with Crippen LogP contribution in [0.2, 0.25) is 0 Å². The number of imide groups is 1. The Balaban J connectivity index is 0.763. The van der Waals surface area contributed by atoms with Crippen LogP contribution in [-0.4, -0.2) is 105 Å². The maximum Gasteiger partial charge on any atom is 0.255 e. The van der Waals surface area contributed by atoms with Crippen molar-refractivity contribution in [3.63, 3.8) is 0 Å². The van der Waals surface area contributed by atoms with Gasteiger partial charge < -0.3 is 19.7 Å². The predicted molar refractivity (Wildman–Crippen MR) is 201 cm³/mol. The van der Waals surface area contributed by atoms with E-state index in [9.17, 15) is 19.2 Å². The van der Waals surface area contributed by atoms with Gasteiger partial charge in [-0.3, -0.25) is 34.5 Å². The Morgan fingerprint density at radius 3 is 2.53 bits per heavy atom. The SMILES string of the molecule is CC1(C)CCc2c(-c3cc4ccc(C(=O)N5CCN(CC6CCN(c7ccc8c(c7)CN(C7CCC(=O)NC7=O)C8=O)CC6)CC5)cc4[nH]3)n[nH]c2C1. The van der Waals surface area contributed by atoms with Gasteiger partial charge in [0.15, 0.2) is 0 Å². The average Bonchev–Trinajstić information content (AvgIpc) is 3.85. The number of piperidine rings is 2. The van der Waals surface area contributed by atoms with E-state index < -0.39 is 6.04 Å². The van der Waals surface area contributed by atoms with E-state index in [-0.39, 0.29) is 30.0 Å². The van der Waals surface area contributed by atoms with E-state index >= 15 is 0 Å². The van der Waals surface area contributed by atoms with Crippen LogP contribution in [0.3, 0.4) is 0 Å². The zero-order valence-electron chi connectivity index (χ0n) is 30.7. The predicted octanol–water partition coefficient (Wildman–Crippen LogP) is 4.51. The molecule has 0 radical (unpaired) electrons. The summed E-state index contributed by atoms with van der Waals surface area (Å²) < 4.78 is 0. The van der Waals surface area contributed by atoms with E-state index in [1.165, 1.54) is 11.3 Å². The van der Waals surface area contributed by atoms with E-state index in [1.54, 1.807) is 4.90 Å². The molecule has 0 saturated carbocycles. The van der Waals surface area contributed by atoms with E-state index in [4.69, 9.17) is 5.10 Å². The molecule has 1 aliphatic carbocycles. The number of carbonyl (C=O) groups is 4. The van der Waals surface area contributed by atoms with Crippen LogP contribution in [0.15, 0.2) is 42.5 Å². The molecule has 0 spiro atoms. The second-order valence-electron chi connectivity index (χ2n) is 16.6. The molecule has 6 heterocycles. The zero-order chi connectivity index (χ0) is 36.4. The number of H-pyrrole nitrogens is 2. The number of rotatable bonds is 6. The van der Waals surface area contributed by atoms with Crippen molar-refractivity contribution in [3.05, 3.63) is 70.4 Å². The lowest BCUT2D eigenvalue weighted by atomic mass is 9.76. The normalized spacial score (nSPS) is 22.3. The van der Waals surface area contributed by atoms with E-state index in [1.807, 2.05) is 35.2 Å². The summed E-state index contributed by atoms with van der Waals surface area (Å²) in [5.74, 6) is -0.0997. The second-order valence-corrected chi connectivity index (χ2v) is 16.6. The minimum atomic E-state index is -0.596. The highest BCUT2D eigenvalue weighted by Gasteiger charge is 2.39. The Bertz CT molecular complexity index is 2120. The Morgan fingerprint density at radius 2 is 1.74 bits per heavy atom. The standard InChI is InChI=1S/C41H48N8O4/c1-41(2)12-9-31-34(22-41)44-45-37(31)33-20-26-3-4-27(21-32(26)42-33)39(52)48-17-15-46(16-18-48)23-25-10-13-47(14-11-25)29-5-6-30-28(19-29)24-49(40(30)53)35-7-8-36(50)43-38(35)51/h3-6,19-21,25,35,42H,7-18,22-24H2,1-2H3,(H,44,45)(H,43,50,51). The highest BCUT2D eigenvalue weighted by molar-refractivity contribution is 6.05. The van der Waals surface area contributed by atoms with E-state index in [0.717, 1.165) is 117 Å². The molecule has 4 amide bonds. The monoisotopic (exact) mass is 716 g/mol. The quantitative estimate of drug-likeness (QED) is 0.250. The molecular weight excluding hydrogens is 669 g/mol. The summed E-state index contributed by atoms with van der Waals surface area (Å²) in [7, 11) is 0. The van der Waals surface area contributed by atoms with Gasteiger partial charge in [0.25, 0.3) is 11.8 Å². The van der Waals surface area contributed by atoms with Crippen molar-refractivity contribution >= 4 is 40.2 Å². The molecule has 4 aromatic rings. The summed E-state index contributed by atoms with van der Waals surface area (Å²) >= 11 is 0. The number of hydrogen-bond donors (Lipinski definition) is 3. The highest BCUT2D eigenvalue weighted by atomic mass is 16.2. The minimum Gasteiger partial charge on any atom is -0.372 e. The molecule has 12 nitrogen and oxygen atoms in total. The van der Waals surface area contributed by atoms with Gasteiger partial charge in [0.1, 0.15) is 11.7 Å². The number of nitrogens with zero attached hydrogens (tertiary/aromatic N) is 5. The van der Waals surface area contributed by atoms with Crippen molar-refractivity contribution in [2.75, 3.05) is 50.7 Å². The summed E-state index contributed by atoms with van der Waals surface area (Å²) in [6.45, 7) is 11.2. The van der Waals surface area contributed by atoms with Gasteiger partial charge in [0.2, 0.25) is 11.8 Å². The Morgan fingerprint density at radius 1 is 0.925 bits per heavy atom. The van der Waals surface area contributed by atoms with Gasteiger partial charge in [-0.05, 0) is 91.8 Å². The number of benzene rings is 2. The summed E-state index contributed by atoms with van der Waals surface area (Å²) in [6.07, 6.45) is 5.99. The van der Waals surface area contributed by atoms with E-state index in [2.05, 4.69) is 51.2 Å². The van der Waals surface area contributed by atoms with Crippen LogP contribution in [0.4, 0.5) is 5.69 Å². The smallest absolute Gasteiger partial charge is 0.255 e. The van der Waals surface area contributed by atoms with Crippen molar-refractivity contribution in [1.82, 2.24) is 35.2 Å². The molecule has 12 heteroatoms. The fourth-order valence-electron chi connectivity index (χ4n) is 9.27. The lowest BCUT2D eigenvalue weighted by Gasteiger charge is -2.39. The number of piperazine rings is 1. The fourth-order valence-corrected chi connectivity index (χ4v) is 9.27. The second kappa shape index (κ2) is 13.2. The largest absolute Gasteiger partial charge is 0.372 e. The lowest BCUT2D eigenvalue weighted by Crippen LogP contribution is -2.52. The Hall–Kier alpha value is -4.97. The van der Waals surface area contributed by atoms with Crippen molar-refractivity contribution in [3.8, 4) is 11.4 Å². The highest BCUT2D eigenvalue weighted by Crippen LogP contribution is 2.38. The number of aromatic amines is 2. The molecule has 3 N–H and O–H groups in total. The van der Waals surface area contributed by atoms with Gasteiger partial charge in [0, 0.05) is 97.8 Å². The first-order valence-electron chi connectivity index (χ1n) is 19.3. The van der Waals surface area contributed by atoms with Crippen molar-refractivity contribution in [2.24, 2.45) is 11.3 Å². The van der Waals surface area contributed by atoms with Crippen molar-refractivity contribution < 1.29 is 19.2 Å². The molecule has 276 valence electrons. The molecule has 4 aliphatic heterocycles. The molecule has 1 atom stereocenters. The van der Waals surface area contributed by atoms with Gasteiger partial charge in [0.05, 0.1) is 5.69 Å². The Kier molecular flexibility index (Phi) is 8.40. The molecule has 3 saturated heterocycles. The fraction of sp³-hybridized carbons (Fsp3) is 0.488. The van der Waals surface area contributed by atoms with Crippen LogP contribution < -0.4 is 10.2 Å². The van der Waals surface area contributed by atoms with Crippen LogP contribution in [0.1, 0.15) is 83.5 Å². The summed E-state index contributed by atoms with van der Waals surface area (Å²) in [5.41, 5.74) is 9.25. The average molecular weight is 717 g/mol.